The molecule has 19 heavy (non-hydrogen) atoms. The Morgan fingerprint density at radius 1 is 1.32 bits per heavy atom. The van der Waals surface area contributed by atoms with E-state index in [1.165, 1.54) is 25.3 Å². The van der Waals surface area contributed by atoms with E-state index in [-0.39, 0.29) is 23.2 Å². The summed E-state index contributed by atoms with van der Waals surface area (Å²) in [5.74, 6) is -0.599. The number of carbonyl (C=O) groups is 1. The molecule has 0 unspecified atom stereocenters. The third-order valence-electron chi connectivity index (χ3n) is 2.18. The van der Waals surface area contributed by atoms with Gasteiger partial charge in [0.2, 0.25) is 10.0 Å². The van der Waals surface area contributed by atoms with Crippen LogP contribution in [0.5, 0.6) is 0 Å². The Kier molecular flexibility index (Phi) is 5.04. The minimum Gasteiger partial charge on any atom is -0.459 e. The molecule has 6 nitrogen and oxygen atoms in total. The molecule has 1 aromatic rings. The highest BCUT2D eigenvalue weighted by Gasteiger charge is 2.16. The van der Waals surface area contributed by atoms with Gasteiger partial charge in [-0.25, -0.2) is 18.4 Å². The van der Waals surface area contributed by atoms with Crippen molar-refractivity contribution in [1.29, 1.82) is 0 Å². The average molecular weight is 287 g/mol. The quantitative estimate of drug-likeness (QED) is 0.816. The van der Waals surface area contributed by atoms with Crippen LogP contribution in [0.3, 0.4) is 0 Å². The standard InChI is InChI=1S/C12H17NO5S/c1-8(2)18-12(14)10-4-9(7-17-3)5-11(6-10)19(13,15)16/h4-6,8H,7H2,1-3H3,(H2,13,15,16). The summed E-state index contributed by atoms with van der Waals surface area (Å²) in [4.78, 5) is 11.7. The maximum Gasteiger partial charge on any atom is 0.338 e. The van der Waals surface area contributed by atoms with Gasteiger partial charge in [0.05, 0.1) is 23.2 Å². The molecule has 0 bridgehead atoms. The predicted octanol–water partition coefficient (Wildman–Crippen LogP) is 1.05. The van der Waals surface area contributed by atoms with E-state index in [2.05, 4.69) is 0 Å². The van der Waals surface area contributed by atoms with Crippen molar-refractivity contribution in [3.8, 4) is 0 Å². The van der Waals surface area contributed by atoms with Crippen LogP contribution >= 0.6 is 0 Å². The largest absolute Gasteiger partial charge is 0.459 e. The van der Waals surface area contributed by atoms with Crippen molar-refractivity contribution in [2.24, 2.45) is 5.14 Å². The van der Waals surface area contributed by atoms with Crippen LogP contribution < -0.4 is 5.14 Å². The van der Waals surface area contributed by atoms with Crippen LogP contribution in [0.2, 0.25) is 0 Å². The summed E-state index contributed by atoms with van der Waals surface area (Å²) in [6.07, 6.45) is -0.295. The number of carbonyl (C=O) groups excluding carboxylic acids is 1. The fourth-order valence-electron chi connectivity index (χ4n) is 1.47. The number of esters is 1. The number of hydrogen-bond acceptors (Lipinski definition) is 5. The van der Waals surface area contributed by atoms with Gasteiger partial charge in [-0.3, -0.25) is 0 Å². The molecule has 0 aliphatic heterocycles. The smallest absolute Gasteiger partial charge is 0.338 e. The van der Waals surface area contributed by atoms with Gasteiger partial charge in [-0.1, -0.05) is 0 Å². The van der Waals surface area contributed by atoms with Crippen LogP contribution in [0.15, 0.2) is 23.1 Å². The fraction of sp³-hybridized carbons (Fsp3) is 0.417. The number of ether oxygens (including phenoxy) is 2. The lowest BCUT2D eigenvalue weighted by Gasteiger charge is -2.10. The van der Waals surface area contributed by atoms with Gasteiger partial charge >= 0.3 is 5.97 Å². The van der Waals surface area contributed by atoms with Crippen LogP contribution in [0.4, 0.5) is 0 Å². The lowest BCUT2D eigenvalue weighted by atomic mass is 10.1. The monoisotopic (exact) mass is 287 g/mol. The molecule has 0 aliphatic carbocycles. The van der Waals surface area contributed by atoms with E-state index in [1.54, 1.807) is 13.8 Å². The number of hydrogen-bond donors (Lipinski definition) is 1. The minimum absolute atomic E-state index is 0.132. The predicted molar refractivity (Wildman–Crippen MR) is 69.1 cm³/mol. The average Bonchev–Trinajstić information content (AvgIpc) is 2.27. The van der Waals surface area contributed by atoms with Crippen molar-refractivity contribution >= 4 is 16.0 Å². The summed E-state index contributed by atoms with van der Waals surface area (Å²) < 4.78 is 32.7. The molecule has 0 spiro atoms. The first-order valence-corrected chi connectivity index (χ1v) is 7.15. The number of methoxy groups -OCH3 is 1. The van der Waals surface area contributed by atoms with E-state index in [1.807, 2.05) is 0 Å². The van der Waals surface area contributed by atoms with Crippen molar-refractivity contribution in [2.75, 3.05) is 7.11 Å². The maximum atomic E-state index is 11.8. The van der Waals surface area contributed by atoms with E-state index in [4.69, 9.17) is 14.6 Å². The molecular weight excluding hydrogens is 270 g/mol. The normalized spacial score (nSPS) is 11.6. The number of sulfonamides is 1. The first kappa shape index (κ1) is 15.6. The number of primary sulfonamides is 1. The highest BCUT2D eigenvalue weighted by molar-refractivity contribution is 7.89. The third kappa shape index (κ3) is 4.62. The Bertz CT molecular complexity index is 565. The topological polar surface area (TPSA) is 95.7 Å². The van der Waals surface area contributed by atoms with Crippen LogP contribution in [0.1, 0.15) is 29.8 Å². The highest BCUT2D eigenvalue weighted by atomic mass is 32.2. The molecule has 2 N–H and O–H groups in total. The maximum absolute atomic E-state index is 11.8. The number of rotatable bonds is 5. The second-order valence-electron chi connectivity index (χ2n) is 4.30. The van der Waals surface area contributed by atoms with Gasteiger partial charge in [0, 0.05) is 7.11 Å². The SMILES string of the molecule is COCc1cc(C(=O)OC(C)C)cc(S(N)(=O)=O)c1. The molecule has 0 heterocycles. The van der Waals surface area contributed by atoms with Crippen LogP contribution in [0.25, 0.3) is 0 Å². The van der Waals surface area contributed by atoms with Gasteiger partial charge in [-0.2, -0.15) is 0 Å². The van der Waals surface area contributed by atoms with Crippen molar-refractivity contribution in [1.82, 2.24) is 0 Å². The number of nitrogens with two attached hydrogens (primary N) is 1. The summed E-state index contributed by atoms with van der Waals surface area (Å²) in [7, 11) is -2.42. The van der Waals surface area contributed by atoms with Gasteiger partial charge in [-0.15, -0.1) is 0 Å². The fourth-order valence-corrected chi connectivity index (χ4v) is 2.08. The molecule has 1 aromatic carbocycles. The van der Waals surface area contributed by atoms with Gasteiger partial charge in [0.15, 0.2) is 0 Å². The van der Waals surface area contributed by atoms with Crippen LogP contribution in [-0.4, -0.2) is 27.6 Å². The minimum atomic E-state index is -3.89. The van der Waals surface area contributed by atoms with Crippen molar-refractivity contribution in [2.45, 2.75) is 31.5 Å². The first-order valence-electron chi connectivity index (χ1n) is 5.60. The molecule has 0 fully saturated rings. The Hall–Kier alpha value is -1.44. The molecule has 0 amide bonds. The Balaban J connectivity index is 3.24. The Morgan fingerprint density at radius 3 is 2.42 bits per heavy atom. The molecule has 106 valence electrons. The molecule has 0 saturated heterocycles. The molecule has 0 saturated carbocycles. The summed E-state index contributed by atoms with van der Waals surface area (Å²) in [6, 6.07) is 4.08. The summed E-state index contributed by atoms with van der Waals surface area (Å²) in [6.45, 7) is 3.58. The highest BCUT2D eigenvalue weighted by Crippen LogP contribution is 2.16. The van der Waals surface area contributed by atoms with Crippen LogP contribution in [-0.2, 0) is 26.1 Å². The van der Waals surface area contributed by atoms with Crippen molar-refractivity contribution < 1.29 is 22.7 Å². The van der Waals surface area contributed by atoms with Crippen molar-refractivity contribution in [3.05, 3.63) is 29.3 Å². The molecule has 0 radical (unpaired) electrons. The molecule has 0 atom stereocenters. The Morgan fingerprint density at radius 2 is 1.95 bits per heavy atom. The summed E-state index contributed by atoms with van der Waals surface area (Å²) in [5, 5.41) is 5.07. The van der Waals surface area contributed by atoms with E-state index >= 15 is 0 Å². The zero-order valence-electron chi connectivity index (χ0n) is 11.0. The molecule has 0 aromatic heterocycles. The van der Waals surface area contributed by atoms with Gasteiger partial charge in [0.25, 0.3) is 0 Å². The molecule has 1 rings (SSSR count). The zero-order valence-corrected chi connectivity index (χ0v) is 11.9. The lowest BCUT2D eigenvalue weighted by molar-refractivity contribution is 0.0377. The molecule has 0 aliphatic rings. The van der Waals surface area contributed by atoms with E-state index in [0.717, 1.165) is 0 Å². The van der Waals surface area contributed by atoms with Crippen molar-refractivity contribution in [3.63, 3.8) is 0 Å². The molecule has 7 heteroatoms. The van der Waals surface area contributed by atoms with Crippen LogP contribution in [0, 0.1) is 0 Å². The second-order valence-corrected chi connectivity index (χ2v) is 5.86. The summed E-state index contributed by atoms with van der Waals surface area (Å²) in [5.41, 5.74) is 0.664. The third-order valence-corrected chi connectivity index (χ3v) is 3.08. The Labute approximate surface area is 112 Å². The van der Waals surface area contributed by atoms with Gasteiger partial charge in [0.1, 0.15) is 0 Å². The van der Waals surface area contributed by atoms with E-state index in [9.17, 15) is 13.2 Å². The molecular formula is C12H17NO5S. The summed E-state index contributed by atoms with van der Waals surface area (Å²) >= 11 is 0. The zero-order chi connectivity index (χ0) is 14.6. The first-order chi connectivity index (χ1) is 8.74. The second kappa shape index (κ2) is 6.14. The number of benzene rings is 1. The van der Waals surface area contributed by atoms with Gasteiger partial charge < -0.3 is 9.47 Å². The lowest BCUT2D eigenvalue weighted by Crippen LogP contribution is -2.16. The van der Waals surface area contributed by atoms with E-state index < -0.39 is 16.0 Å². The van der Waals surface area contributed by atoms with E-state index in [0.29, 0.717) is 5.56 Å². The van der Waals surface area contributed by atoms with Gasteiger partial charge in [-0.05, 0) is 37.6 Å².